The highest BCUT2D eigenvalue weighted by Gasteiger charge is 2.33. The van der Waals surface area contributed by atoms with E-state index in [9.17, 15) is 0 Å². The first-order valence-corrected chi connectivity index (χ1v) is 7.89. The fraction of sp³-hybridized carbons (Fsp3) is 1.00. The number of hydrogen-bond donors (Lipinski definition) is 1. The fourth-order valence-electron chi connectivity index (χ4n) is 2.50. The van der Waals surface area contributed by atoms with E-state index in [4.69, 9.17) is 0 Å². The molecule has 0 aromatic heterocycles. The van der Waals surface area contributed by atoms with E-state index in [2.05, 4.69) is 44.2 Å². The van der Waals surface area contributed by atoms with Gasteiger partial charge in [0.05, 0.1) is 0 Å². The molecule has 1 N–H and O–H groups in total. The third-order valence-corrected chi connectivity index (χ3v) is 4.28. The summed E-state index contributed by atoms with van der Waals surface area (Å²) in [7, 11) is 0. The molecular formula is C13H28N2S. The maximum atomic E-state index is 3.65. The molecule has 0 bridgehead atoms. The summed E-state index contributed by atoms with van der Waals surface area (Å²) in [5, 5.41) is 3.65. The summed E-state index contributed by atoms with van der Waals surface area (Å²) >= 11 is 1.96. The Morgan fingerprint density at radius 3 is 2.75 bits per heavy atom. The molecule has 1 fully saturated rings. The van der Waals surface area contributed by atoms with Gasteiger partial charge in [-0.25, -0.2) is 0 Å². The molecule has 96 valence electrons. The summed E-state index contributed by atoms with van der Waals surface area (Å²) in [5.74, 6) is 1.28. The van der Waals surface area contributed by atoms with Crippen LogP contribution in [0.3, 0.4) is 0 Å². The maximum absolute atomic E-state index is 3.65. The van der Waals surface area contributed by atoms with Gasteiger partial charge in [0.1, 0.15) is 0 Å². The molecular weight excluding hydrogens is 216 g/mol. The highest BCUT2D eigenvalue weighted by molar-refractivity contribution is 7.98. The summed E-state index contributed by atoms with van der Waals surface area (Å²) in [6.07, 6.45) is 4.77. The van der Waals surface area contributed by atoms with Crippen molar-refractivity contribution >= 4 is 11.8 Å². The smallest absolute Gasteiger partial charge is 0.0253 e. The number of thioether (sulfide) groups is 1. The molecule has 3 heteroatoms. The van der Waals surface area contributed by atoms with Gasteiger partial charge in [-0.2, -0.15) is 11.8 Å². The number of rotatable bonds is 5. The van der Waals surface area contributed by atoms with Gasteiger partial charge in [-0.3, -0.25) is 4.90 Å². The van der Waals surface area contributed by atoms with Crippen LogP contribution in [0.1, 0.15) is 40.5 Å². The Balaban J connectivity index is 2.57. The predicted molar refractivity (Wildman–Crippen MR) is 75.3 cm³/mol. The van der Waals surface area contributed by atoms with Crippen LogP contribution in [0.15, 0.2) is 0 Å². The molecule has 1 saturated heterocycles. The first kappa shape index (κ1) is 14.3. The summed E-state index contributed by atoms with van der Waals surface area (Å²) in [5.41, 5.74) is 0.277. The lowest BCUT2D eigenvalue weighted by atomic mass is 9.95. The molecule has 2 unspecified atom stereocenters. The quantitative estimate of drug-likeness (QED) is 0.800. The van der Waals surface area contributed by atoms with Crippen LogP contribution < -0.4 is 5.32 Å². The summed E-state index contributed by atoms with van der Waals surface area (Å²) in [6.45, 7) is 11.6. The van der Waals surface area contributed by atoms with Crippen molar-refractivity contribution in [1.82, 2.24) is 10.2 Å². The van der Waals surface area contributed by atoms with Gasteiger partial charge in [-0.15, -0.1) is 0 Å². The van der Waals surface area contributed by atoms with Crippen LogP contribution in [-0.2, 0) is 0 Å². The van der Waals surface area contributed by atoms with Crippen LogP contribution >= 0.6 is 11.8 Å². The molecule has 0 amide bonds. The Morgan fingerprint density at radius 2 is 2.19 bits per heavy atom. The lowest BCUT2D eigenvalue weighted by Crippen LogP contribution is -2.63. The Morgan fingerprint density at radius 1 is 1.50 bits per heavy atom. The average Bonchev–Trinajstić information content (AvgIpc) is 2.24. The normalized spacial score (nSPS) is 27.9. The molecule has 0 radical (unpaired) electrons. The highest BCUT2D eigenvalue weighted by Crippen LogP contribution is 2.21. The SMILES string of the molecule is CCC1CNC(C)(C)CN1C(C)CCSC. The van der Waals surface area contributed by atoms with Gasteiger partial charge in [0.25, 0.3) is 0 Å². The lowest BCUT2D eigenvalue weighted by molar-refractivity contribution is 0.0574. The predicted octanol–water partition coefficient (Wildman–Crippen LogP) is 2.59. The summed E-state index contributed by atoms with van der Waals surface area (Å²) in [4.78, 5) is 2.72. The van der Waals surface area contributed by atoms with E-state index < -0.39 is 0 Å². The van der Waals surface area contributed by atoms with Crippen molar-refractivity contribution in [2.24, 2.45) is 0 Å². The minimum absolute atomic E-state index is 0.277. The molecule has 1 heterocycles. The number of nitrogens with one attached hydrogen (secondary N) is 1. The van der Waals surface area contributed by atoms with Crippen LogP contribution in [0.4, 0.5) is 0 Å². The zero-order valence-corrected chi connectivity index (χ0v) is 12.4. The van der Waals surface area contributed by atoms with Crippen molar-refractivity contribution in [2.75, 3.05) is 25.1 Å². The minimum atomic E-state index is 0.277. The Bertz CT molecular complexity index is 206. The molecule has 2 nitrogen and oxygen atoms in total. The third kappa shape index (κ3) is 3.94. The second-order valence-electron chi connectivity index (χ2n) is 5.63. The van der Waals surface area contributed by atoms with Gasteiger partial charge < -0.3 is 5.32 Å². The number of nitrogens with zero attached hydrogens (tertiary/aromatic N) is 1. The van der Waals surface area contributed by atoms with Gasteiger partial charge in [-0.1, -0.05) is 6.92 Å². The molecule has 0 aromatic carbocycles. The maximum Gasteiger partial charge on any atom is 0.0253 e. The van der Waals surface area contributed by atoms with Gasteiger partial charge in [0.15, 0.2) is 0 Å². The zero-order valence-electron chi connectivity index (χ0n) is 11.5. The van der Waals surface area contributed by atoms with Crippen molar-refractivity contribution in [3.8, 4) is 0 Å². The Hall–Kier alpha value is 0.270. The summed E-state index contributed by atoms with van der Waals surface area (Å²) in [6, 6.07) is 1.45. The molecule has 0 aliphatic carbocycles. The molecule has 1 rings (SSSR count). The van der Waals surface area contributed by atoms with Gasteiger partial charge >= 0.3 is 0 Å². The van der Waals surface area contributed by atoms with Gasteiger partial charge in [0, 0.05) is 30.7 Å². The second kappa shape index (κ2) is 6.27. The van der Waals surface area contributed by atoms with Crippen LogP contribution in [0.5, 0.6) is 0 Å². The van der Waals surface area contributed by atoms with Crippen LogP contribution in [0.2, 0.25) is 0 Å². The van der Waals surface area contributed by atoms with Crippen molar-refractivity contribution in [2.45, 2.75) is 58.2 Å². The monoisotopic (exact) mass is 244 g/mol. The van der Waals surface area contributed by atoms with Crippen molar-refractivity contribution in [3.63, 3.8) is 0 Å². The van der Waals surface area contributed by atoms with E-state index in [1.807, 2.05) is 11.8 Å². The Kier molecular flexibility index (Phi) is 5.62. The first-order chi connectivity index (χ1) is 7.50. The summed E-state index contributed by atoms with van der Waals surface area (Å²) < 4.78 is 0. The lowest BCUT2D eigenvalue weighted by Gasteiger charge is -2.47. The standard InChI is InChI=1S/C13H28N2S/c1-6-12-9-14-13(3,4)10-15(12)11(2)7-8-16-5/h11-12,14H,6-10H2,1-5H3. The average molecular weight is 244 g/mol. The van der Waals surface area contributed by atoms with Crippen LogP contribution in [0.25, 0.3) is 0 Å². The Labute approximate surface area is 106 Å². The van der Waals surface area contributed by atoms with E-state index in [-0.39, 0.29) is 5.54 Å². The molecule has 0 aromatic rings. The highest BCUT2D eigenvalue weighted by atomic mass is 32.2. The largest absolute Gasteiger partial charge is 0.309 e. The van der Waals surface area contributed by atoms with E-state index in [0.717, 1.165) is 18.6 Å². The molecule has 1 aliphatic heterocycles. The van der Waals surface area contributed by atoms with Crippen LogP contribution in [-0.4, -0.2) is 47.6 Å². The van der Waals surface area contributed by atoms with Crippen molar-refractivity contribution in [3.05, 3.63) is 0 Å². The van der Waals surface area contributed by atoms with E-state index >= 15 is 0 Å². The van der Waals surface area contributed by atoms with Gasteiger partial charge in [-0.05, 0) is 45.6 Å². The second-order valence-corrected chi connectivity index (χ2v) is 6.62. The number of hydrogen-bond acceptors (Lipinski definition) is 3. The topological polar surface area (TPSA) is 15.3 Å². The van der Waals surface area contributed by atoms with E-state index in [0.29, 0.717) is 0 Å². The van der Waals surface area contributed by atoms with Crippen molar-refractivity contribution in [1.29, 1.82) is 0 Å². The third-order valence-electron chi connectivity index (χ3n) is 3.64. The molecule has 2 atom stereocenters. The molecule has 0 spiro atoms. The van der Waals surface area contributed by atoms with Crippen LogP contribution in [0, 0.1) is 0 Å². The van der Waals surface area contributed by atoms with E-state index in [1.54, 1.807) is 0 Å². The minimum Gasteiger partial charge on any atom is -0.309 e. The first-order valence-electron chi connectivity index (χ1n) is 6.50. The number of piperazine rings is 1. The molecule has 0 saturated carbocycles. The van der Waals surface area contributed by atoms with Gasteiger partial charge in [0.2, 0.25) is 0 Å². The van der Waals surface area contributed by atoms with Crippen molar-refractivity contribution < 1.29 is 0 Å². The zero-order chi connectivity index (χ0) is 12.2. The fourth-order valence-corrected chi connectivity index (χ4v) is 3.08. The molecule has 16 heavy (non-hydrogen) atoms. The van der Waals surface area contributed by atoms with E-state index in [1.165, 1.54) is 25.1 Å². The molecule has 1 aliphatic rings.